The molecule has 1 aromatic carbocycles. The highest BCUT2D eigenvalue weighted by Crippen LogP contribution is 2.21. The summed E-state index contributed by atoms with van der Waals surface area (Å²) >= 11 is 0. The van der Waals surface area contributed by atoms with Gasteiger partial charge in [-0.2, -0.15) is 0 Å². The van der Waals surface area contributed by atoms with Crippen LogP contribution >= 0.6 is 0 Å². The summed E-state index contributed by atoms with van der Waals surface area (Å²) in [6, 6.07) is 11.8. The average Bonchev–Trinajstić information content (AvgIpc) is 3.01. The molecule has 1 fully saturated rings. The molecule has 1 amide bonds. The summed E-state index contributed by atoms with van der Waals surface area (Å²) in [5.74, 6) is 0.411. The fraction of sp³-hybridized carbons (Fsp3) is 0.312. The summed E-state index contributed by atoms with van der Waals surface area (Å²) in [5.41, 5.74) is 2.54. The number of nitrogens with zero attached hydrogens (tertiary/aromatic N) is 2. The third-order valence-electron chi connectivity index (χ3n) is 3.75. The van der Waals surface area contributed by atoms with Crippen molar-refractivity contribution in [2.45, 2.75) is 6.92 Å². The minimum Gasteiger partial charge on any atom is -0.459 e. The van der Waals surface area contributed by atoms with Crippen LogP contribution in [0, 0.1) is 6.92 Å². The van der Waals surface area contributed by atoms with Gasteiger partial charge in [-0.3, -0.25) is 4.79 Å². The van der Waals surface area contributed by atoms with Crippen LogP contribution in [0.25, 0.3) is 0 Å². The summed E-state index contributed by atoms with van der Waals surface area (Å²) in [6.45, 7) is 5.30. The van der Waals surface area contributed by atoms with Crippen LogP contribution in [-0.2, 0) is 0 Å². The largest absolute Gasteiger partial charge is 0.459 e. The zero-order valence-electron chi connectivity index (χ0n) is 11.6. The predicted molar refractivity (Wildman–Crippen MR) is 78.0 cm³/mol. The summed E-state index contributed by atoms with van der Waals surface area (Å²) in [5, 5.41) is 0. The van der Waals surface area contributed by atoms with Gasteiger partial charge in [-0.15, -0.1) is 0 Å². The van der Waals surface area contributed by atoms with Crippen LogP contribution in [-0.4, -0.2) is 37.0 Å². The van der Waals surface area contributed by atoms with Crippen molar-refractivity contribution >= 4 is 11.6 Å². The second-order valence-corrected chi connectivity index (χ2v) is 5.04. The molecule has 20 heavy (non-hydrogen) atoms. The van der Waals surface area contributed by atoms with E-state index < -0.39 is 0 Å². The molecule has 4 nitrogen and oxygen atoms in total. The highest BCUT2D eigenvalue weighted by molar-refractivity contribution is 5.91. The molecule has 0 unspecified atom stereocenters. The molecule has 1 saturated heterocycles. The lowest BCUT2D eigenvalue weighted by molar-refractivity contribution is 0.0714. The van der Waals surface area contributed by atoms with Crippen molar-refractivity contribution in [1.29, 1.82) is 0 Å². The number of anilines is 1. The molecule has 0 saturated carbocycles. The van der Waals surface area contributed by atoms with Crippen molar-refractivity contribution < 1.29 is 9.21 Å². The molecular formula is C16H18N2O2. The van der Waals surface area contributed by atoms with Gasteiger partial charge in [0.05, 0.1) is 6.26 Å². The van der Waals surface area contributed by atoms with E-state index in [-0.39, 0.29) is 5.91 Å². The lowest BCUT2D eigenvalue weighted by Crippen LogP contribution is -2.48. The Morgan fingerprint density at radius 3 is 2.45 bits per heavy atom. The first-order chi connectivity index (χ1) is 9.75. The number of rotatable bonds is 2. The summed E-state index contributed by atoms with van der Waals surface area (Å²) < 4.78 is 5.17. The Kier molecular flexibility index (Phi) is 3.46. The SMILES string of the molecule is Cc1ccccc1N1CCN(C(=O)c2ccco2)CC1. The monoisotopic (exact) mass is 270 g/mol. The van der Waals surface area contributed by atoms with Gasteiger partial charge in [-0.1, -0.05) is 18.2 Å². The molecule has 0 atom stereocenters. The lowest BCUT2D eigenvalue weighted by Gasteiger charge is -2.36. The van der Waals surface area contributed by atoms with Gasteiger partial charge in [0.25, 0.3) is 5.91 Å². The summed E-state index contributed by atoms with van der Waals surface area (Å²) in [6.07, 6.45) is 1.54. The molecule has 1 aliphatic heterocycles. The molecule has 4 heteroatoms. The Morgan fingerprint density at radius 1 is 1.05 bits per heavy atom. The Balaban J connectivity index is 1.65. The van der Waals surface area contributed by atoms with Crippen molar-refractivity contribution in [3.63, 3.8) is 0 Å². The highest BCUT2D eigenvalue weighted by Gasteiger charge is 2.24. The van der Waals surface area contributed by atoms with Gasteiger partial charge in [-0.25, -0.2) is 0 Å². The van der Waals surface area contributed by atoms with E-state index >= 15 is 0 Å². The zero-order valence-corrected chi connectivity index (χ0v) is 11.6. The van der Waals surface area contributed by atoms with Gasteiger partial charge in [0.1, 0.15) is 0 Å². The Bertz CT molecular complexity index is 584. The van der Waals surface area contributed by atoms with E-state index in [1.165, 1.54) is 17.5 Å². The number of piperazine rings is 1. The Labute approximate surface area is 118 Å². The first-order valence-corrected chi connectivity index (χ1v) is 6.89. The Morgan fingerprint density at radius 2 is 1.80 bits per heavy atom. The van der Waals surface area contributed by atoms with Gasteiger partial charge < -0.3 is 14.2 Å². The number of para-hydroxylation sites is 1. The van der Waals surface area contributed by atoms with E-state index in [1.807, 2.05) is 4.90 Å². The van der Waals surface area contributed by atoms with E-state index in [0.717, 1.165) is 26.2 Å². The maximum atomic E-state index is 12.2. The number of benzene rings is 1. The van der Waals surface area contributed by atoms with E-state index in [4.69, 9.17) is 4.42 Å². The van der Waals surface area contributed by atoms with Gasteiger partial charge in [0.15, 0.2) is 5.76 Å². The number of carbonyl (C=O) groups excluding carboxylic acids is 1. The third kappa shape index (κ3) is 2.41. The molecule has 3 rings (SSSR count). The second-order valence-electron chi connectivity index (χ2n) is 5.04. The van der Waals surface area contributed by atoms with Crippen molar-refractivity contribution in [2.75, 3.05) is 31.1 Å². The van der Waals surface area contributed by atoms with Gasteiger partial charge in [0.2, 0.25) is 0 Å². The molecule has 2 aromatic rings. The summed E-state index contributed by atoms with van der Waals surface area (Å²) in [4.78, 5) is 16.4. The molecule has 104 valence electrons. The van der Waals surface area contributed by atoms with E-state index in [9.17, 15) is 4.79 Å². The van der Waals surface area contributed by atoms with Crippen LogP contribution < -0.4 is 4.90 Å². The second kappa shape index (κ2) is 5.41. The fourth-order valence-corrected chi connectivity index (χ4v) is 2.62. The first-order valence-electron chi connectivity index (χ1n) is 6.89. The number of hydrogen-bond acceptors (Lipinski definition) is 3. The van der Waals surface area contributed by atoms with E-state index in [2.05, 4.69) is 36.1 Å². The smallest absolute Gasteiger partial charge is 0.289 e. The van der Waals surface area contributed by atoms with Crippen molar-refractivity contribution in [1.82, 2.24) is 4.90 Å². The molecule has 1 aliphatic rings. The number of furan rings is 1. The number of hydrogen-bond donors (Lipinski definition) is 0. The number of aryl methyl sites for hydroxylation is 1. The standard InChI is InChI=1S/C16H18N2O2/c1-13-5-2-3-6-14(13)17-8-10-18(11-9-17)16(19)15-7-4-12-20-15/h2-7,12H,8-11H2,1H3. The van der Waals surface area contributed by atoms with Gasteiger partial charge in [-0.05, 0) is 30.7 Å². The average molecular weight is 270 g/mol. The topological polar surface area (TPSA) is 36.7 Å². The van der Waals surface area contributed by atoms with E-state index in [0.29, 0.717) is 5.76 Å². The minimum absolute atomic E-state index is 0.0144. The molecule has 2 heterocycles. The Hall–Kier alpha value is -2.23. The molecule has 0 N–H and O–H groups in total. The fourth-order valence-electron chi connectivity index (χ4n) is 2.62. The molecule has 0 radical (unpaired) electrons. The maximum Gasteiger partial charge on any atom is 0.289 e. The van der Waals surface area contributed by atoms with E-state index in [1.54, 1.807) is 12.1 Å². The van der Waals surface area contributed by atoms with Crippen molar-refractivity contribution in [3.05, 3.63) is 54.0 Å². The highest BCUT2D eigenvalue weighted by atomic mass is 16.3. The number of amides is 1. The quantitative estimate of drug-likeness (QED) is 0.841. The van der Waals surface area contributed by atoms with Crippen LogP contribution in [0.1, 0.15) is 16.1 Å². The summed E-state index contributed by atoms with van der Waals surface area (Å²) in [7, 11) is 0. The molecule has 1 aromatic heterocycles. The van der Waals surface area contributed by atoms with Gasteiger partial charge >= 0.3 is 0 Å². The maximum absolute atomic E-state index is 12.2. The predicted octanol–water partition coefficient (Wildman–Crippen LogP) is 2.55. The van der Waals surface area contributed by atoms with Crippen LogP contribution in [0.15, 0.2) is 47.1 Å². The molecular weight excluding hydrogens is 252 g/mol. The normalized spacial score (nSPS) is 15.4. The zero-order chi connectivity index (χ0) is 13.9. The van der Waals surface area contributed by atoms with Crippen LogP contribution in [0.4, 0.5) is 5.69 Å². The molecule has 0 bridgehead atoms. The van der Waals surface area contributed by atoms with Gasteiger partial charge in [0, 0.05) is 31.9 Å². The van der Waals surface area contributed by atoms with Crippen LogP contribution in [0.5, 0.6) is 0 Å². The number of carbonyl (C=O) groups is 1. The third-order valence-corrected chi connectivity index (χ3v) is 3.75. The minimum atomic E-state index is -0.0144. The first kappa shape index (κ1) is 12.8. The van der Waals surface area contributed by atoms with Crippen LogP contribution in [0.3, 0.4) is 0 Å². The van der Waals surface area contributed by atoms with Crippen molar-refractivity contribution in [3.8, 4) is 0 Å². The molecule has 0 spiro atoms. The lowest BCUT2D eigenvalue weighted by atomic mass is 10.1. The molecule has 0 aliphatic carbocycles. The van der Waals surface area contributed by atoms with Crippen molar-refractivity contribution in [2.24, 2.45) is 0 Å². The van der Waals surface area contributed by atoms with Crippen LogP contribution in [0.2, 0.25) is 0 Å².